The zero-order valence-electron chi connectivity index (χ0n) is 9.92. The number of halogens is 3. The van der Waals surface area contributed by atoms with Crippen molar-refractivity contribution in [2.24, 2.45) is 5.73 Å². The van der Waals surface area contributed by atoms with Crippen LogP contribution < -0.4 is 11.1 Å². The second kappa shape index (κ2) is 5.86. The molecule has 1 unspecified atom stereocenters. The molecular formula is C12H15F3N2O. The van der Waals surface area contributed by atoms with Crippen molar-refractivity contribution in [2.75, 3.05) is 5.32 Å². The SMILES string of the molecule is CCC(N)Cc1ccc(NC(=O)C(F)(F)F)cc1. The lowest BCUT2D eigenvalue weighted by Crippen LogP contribution is -2.29. The second-order valence-corrected chi connectivity index (χ2v) is 4.02. The number of amides is 1. The molecule has 0 aromatic heterocycles. The molecule has 3 nitrogen and oxygen atoms in total. The molecule has 1 aromatic rings. The van der Waals surface area contributed by atoms with Crippen LogP contribution in [-0.4, -0.2) is 18.1 Å². The first-order valence-electron chi connectivity index (χ1n) is 5.55. The number of carbonyl (C=O) groups excluding carboxylic acids is 1. The first-order chi connectivity index (χ1) is 8.32. The molecular weight excluding hydrogens is 245 g/mol. The number of carbonyl (C=O) groups is 1. The summed E-state index contributed by atoms with van der Waals surface area (Å²) in [6, 6.07) is 6.20. The predicted octanol–water partition coefficient (Wildman–Crippen LogP) is 2.47. The fourth-order valence-electron chi connectivity index (χ4n) is 1.37. The zero-order valence-corrected chi connectivity index (χ0v) is 9.92. The largest absolute Gasteiger partial charge is 0.471 e. The van der Waals surface area contributed by atoms with Crippen LogP contribution in [0.15, 0.2) is 24.3 Å². The summed E-state index contributed by atoms with van der Waals surface area (Å²) in [6.07, 6.45) is -3.39. The Kier molecular flexibility index (Phi) is 4.72. The smallest absolute Gasteiger partial charge is 0.327 e. The summed E-state index contributed by atoms with van der Waals surface area (Å²) in [5.41, 5.74) is 6.80. The lowest BCUT2D eigenvalue weighted by molar-refractivity contribution is -0.167. The van der Waals surface area contributed by atoms with Crippen LogP contribution >= 0.6 is 0 Å². The van der Waals surface area contributed by atoms with Gasteiger partial charge in [0, 0.05) is 11.7 Å². The molecule has 18 heavy (non-hydrogen) atoms. The third kappa shape index (κ3) is 4.37. The van der Waals surface area contributed by atoms with Gasteiger partial charge in [0.25, 0.3) is 0 Å². The summed E-state index contributed by atoms with van der Waals surface area (Å²) in [7, 11) is 0. The van der Waals surface area contributed by atoms with E-state index in [2.05, 4.69) is 0 Å². The molecule has 0 spiro atoms. The van der Waals surface area contributed by atoms with E-state index in [4.69, 9.17) is 5.73 Å². The van der Waals surface area contributed by atoms with Crippen LogP contribution in [0.3, 0.4) is 0 Å². The van der Waals surface area contributed by atoms with Gasteiger partial charge in [0.05, 0.1) is 0 Å². The third-order valence-corrected chi connectivity index (χ3v) is 2.49. The number of nitrogens with one attached hydrogen (secondary N) is 1. The molecule has 0 radical (unpaired) electrons. The highest BCUT2D eigenvalue weighted by Crippen LogP contribution is 2.18. The summed E-state index contributed by atoms with van der Waals surface area (Å²) in [6.45, 7) is 1.96. The van der Waals surface area contributed by atoms with Crippen molar-refractivity contribution in [3.05, 3.63) is 29.8 Å². The average molecular weight is 260 g/mol. The maximum atomic E-state index is 12.0. The fraction of sp³-hybridized carbons (Fsp3) is 0.417. The van der Waals surface area contributed by atoms with E-state index in [1.165, 1.54) is 12.1 Å². The maximum absolute atomic E-state index is 12.0. The Bertz CT molecular complexity index is 401. The van der Waals surface area contributed by atoms with Gasteiger partial charge >= 0.3 is 12.1 Å². The van der Waals surface area contributed by atoms with Gasteiger partial charge in [-0.1, -0.05) is 19.1 Å². The highest BCUT2D eigenvalue weighted by molar-refractivity contribution is 5.94. The van der Waals surface area contributed by atoms with Crippen LogP contribution in [-0.2, 0) is 11.2 Å². The minimum Gasteiger partial charge on any atom is -0.327 e. The van der Waals surface area contributed by atoms with Crippen molar-refractivity contribution in [1.82, 2.24) is 0 Å². The standard InChI is InChI=1S/C12H15F3N2O/c1-2-9(16)7-8-3-5-10(6-4-8)17-11(18)12(13,14)15/h3-6,9H,2,7,16H2,1H3,(H,17,18). The van der Waals surface area contributed by atoms with Crippen LogP contribution in [0.25, 0.3) is 0 Å². The Labute approximate surface area is 103 Å². The number of rotatable bonds is 4. The summed E-state index contributed by atoms with van der Waals surface area (Å²) >= 11 is 0. The molecule has 1 rings (SSSR count). The van der Waals surface area contributed by atoms with Gasteiger partial charge in [0.2, 0.25) is 0 Å². The Hall–Kier alpha value is -1.56. The lowest BCUT2D eigenvalue weighted by atomic mass is 10.0. The van der Waals surface area contributed by atoms with Gasteiger partial charge in [-0.25, -0.2) is 0 Å². The van der Waals surface area contributed by atoms with Crippen molar-refractivity contribution < 1.29 is 18.0 Å². The van der Waals surface area contributed by atoms with Gasteiger partial charge in [-0.3, -0.25) is 4.79 Å². The second-order valence-electron chi connectivity index (χ2n) is 4.02. The third-order valence-electron chi connectivity index (χ3n) is 2.49. The summed E-state index contributed by atoms with van der Waals surface area (Å²) in [5, 5.41) is 1.78. The summed E-state index contributed by atoms with van der Waals surface area (Å²) in [4.78, 5) is 10.7. The topological polar surface area (TPSA) is 55.1 Å². The minimum absolute atomic E-state index is 0.0283. The van der Waals surface area contributed by atoms with Crippen LogP contribution in [0.5, 0.6) is 0 Å². The van der Waals surface area contributed by atoms with E-state index >= 15 is 0 Å². The number of anilines is 1. The van der Waals surface area contributed by atoms with Gasteiger partial charge in [-0.05, 0) is 30.5 Å². The van der Waals surface area contributed by atoms with Gasteiger partial charge in [0.1, 0.15) is 0 Å². The fourth-order valence-corrected chi connectivity index (χ4v) is 1.37. The van der Waals surface area contributed by atoms with E-state index in [1.54, 1.807) is 17.4 Å². The van der Waals surface area contributed by atoms with Crippen molar-refractivity contribution in [2.45, 2.75) is 32.0 Å². The highest BCUT2D eigenvalue weighted by Gasteiger charge is 2.38. The van der Waals surface area contributed by atoms with E-state index in [1.807, 2.05) is 6.92 Å². The van der Waals surface area contributed by atoms with Crippen LogP contribution in [0.4, 0.5) is 18.9 Å². The highest BCUT2D eigenvalue weighted by atomic mass is 19.4. The van der Waals surface area contributed by atoms with Crippen LogP contribution in [0.1, 0.15) is 18.9 Å². The van der Waals surface area contributed by atoms with Crippen LogP contribution in [0.2, 0.25) is 0 Å². The van der Waals surface area contributed by atoms with E-state index < -0.39 is 12.1 Å². The lowest BCUT2D eigenvalue weighted by Gasteiger charge is -2.10. The molecule has 1 amide bonds. The van der Waals surface area contributed by atoms with Crippen LogP contribution in [0, 0.1) is 0 Å². The molecule has 0 saturated heterocycles. The van der Waals surface area contributed by atoms with Crippen molar-refractivity contribution in [1.29, 1.82) is 0 Å². The van der Waals surface area contributed by atoms with Crippen molar-refractivity contribution in [3.8, 4) is 0 Å². The monoisotopic (exact) mass is 260 g/mol. The maximum Gasteiger partial charge on any atom is 0.471 e. The first-order valence-corrected chi connectivity index (χ1v) is 5.55. The Morgan fingerprint density at radius 2 is 1.89 bits per heavy atom. The first kappa shape index (κ1) is 14.5. The van der Waals surface area contributed by atoms with E-state index in [-0.39, 0.29) is 11.7 Å². The summed E-state index contributed by atoms with van der Waals surface area (Å²) in [5.74, 6) is -1.97. The van der Waals surface area contributed by atoms with E-state index in [0.29, 0.717) is 6.42 Å². The quantitative estimate of drug-likeness (QED) is 0.873. The van der Waals surface area contributed by atoms with Crippen molar-refractivity contribution in [3.63, 3.8) is 0 Å². The number of nitrogens with two attached hydrogens (primary N) is 1. The Morgan fingerprint density at radius 1 is 1.33 bits per heavy atom. The molecule has 3 N–H and O–H groups in total. The van der Waals surface area contributed by atoms with Gasteiger partial charge in [-0.2, -0.15) is 13.2 Å². The van der Waals surface area contributed by atoms with Crippen molar-refractivity contribution >= 4 is 11.6 Å². The molecule has 1 aromatic carbocycles. The molecule has 0 aliphatic carbocycles. The molecule has 0 bridgehead atoms. The van der Waals surface area contributed by atoms with E-state index in [0.717, 1.165) is 12.0 Å². The number of alkyl halides is 3. The summed E-state index contributed by atoms with van der Waals surface area (Å²) < 4.78 is 36.0. The molecule has 0 saturated carbocycles. The molecule has 100 valence electrons. The van der Waals surface area contributed by atoms with Gasteiger partial charge in [0.15, 0.2) is 0 Å². The number of hydrogen-bond donors (Lipinski definition) is 2. The molecule has 0 heterocycles. The molecule has 0 aliphatic rings. The predicted molar refractivity (Wildman–Crippen MR) is 63.1 cm³/mol. The van der Waals surface area contributed by atoms with Gasteiger partial charge in [-0.15, -0.1) is 0 Å². The molecule has 0 aliphatic heterocycles. The number of hydrogen-bond acceptors (Lipinski definition) is 2. The Balaban J connectivity index is 2.63. The normalized spacial score (nSPS) is 13.2. The molecule has 1 atom stereocenters. The average Bonchev–Trinajstić information content (AvgIpc) is 2.30. The minimum atomic E-state index is -4.87. The Morgan fingerprint density at radius 3 is 2.33 bits per heavy atom. The van der Waals surface area contributed by atoms with E-state index in [9.17, 15) is 18.0 Å². The molecule has 6 heteroatoms. The zero-order chi connectivity index (χ0) is 13.8. The number of benzene rings is 1. The van der Waals surface area contributed by atoms with Gasteiger partial charge < -0.3 is 11.1 Å². The molecule has 0 fully saturated rings.